The van der Waals surface area contributed by atoms with Gasteiger partial charge in [0.25, 0.3) is 0 Å². The molecule has 0 saturated carbocycles. The molecule has 1 fully saturated rings. The van der Waals surface area contributed by atoms with Crippen LogP contribution in [0.2, 0.25) is 0 Å². The summed E-state index contributed by atoms with van der Waals surface area (Å²) in [6, 6.07) is 5.79. The Hall–Kier alpha value is -1.20. The van der Waals surface area contributed by atoms with Crippen LogP contribution < -0.4 is 4.90 Å². The predicted molar refractivity (Wildman–Crippen MR) is 86.6 cm³/mol. The molecule has 1 aliphatic heterocycles. The normalized spacial score (nSPS) is 16.2. The van der Waals surface area contributed by atoms with Crippen LogP contribution in [-0.4, -0.2) is 43.6 Å². The fourth-order valence-corrected chi connectivity index (χ4v) is 3.67. The van der Waals surface area contributed by atoms with Crippen LogP contribution in [0.5, 0.6) is 0 Å². The molecule has 1 aromatic carbocycles. The minimum atomic E-state index is -0.833. The Balaban J connectivity index is 2.20. The molecule has 0 bridgehead atoms. The van der Waals surface area contributed by atoms with Gasteiger partial charge in [0.1, 0.15) is 0 Å². The van der Waals surface area contributed by atoms with E-state index < -0.39 is 5.97 Å². The van der Waals surface area contributed by atoms with Gasteiger partial charge < -0.3 is 14.7 Å². The summed E-state index contributed by atoms with van der Waals surface area (Å²) < 4.78 is 5.22. The second-order valence-corrected chi connectivity index (χ2v) is 6.58. The smallest absolute Gasteiger partial charge is 0.338 e. The van der Waals surface area contributed by atoms with Crippen LogP contribution >= 0.6 is 11.8 Å². The summed E-state index contributed by atoms with van der Waals surface area (Å²) in [6.07, 6.45) is 2.11. The van der Waals surface area contributed by atoms with Crippen LogP contribution in [0.1, 0.15) is 30.1 Å². The zero-order chi connectivity index (χ0) is 15.2. The molecule has 0 radical (unpaired) electrons. The summed E-state index contributed by atoms with van der Waals surface area (Å²) >= 11 is 1.59. The van der Waals surface area contributed by atoms with Crippen LogP contribution in [0.3, 0.4) is 0 Å². The fraction of sp³-hybridized carbons (Fsp3) is 0.562. The molecule has 1 aromatic rings. The minimum Gasteiger partial charge on any atom is -0.478 e. The summed E-state index contributed by atoms with van der Waals surface area (Å²) in [6.45, 7) is 4.63. The number of methoxy groups -OCH3 is 1. The lowest BCUT2D eigenvalue weighted by Crippen LogP contribution is -2.36. The second kappa shape index (κ2) is 7.71. The van der Waals surface area contributed by atoms with Crippen LogP contribution in [-0.2, 0) is 4.74 Å². The summed E-state index contributed by atoms with van der Waals surface area (Å²) in [5.74, 6) is 0.632. The summed E-state index contributed by atoms with van der Waals surface area (Å²) in [5, 5.41) is 9.58. The first-order valence-corrected chi connectivity index (χ1v) is 8.38. The molecule has 0 spiro atoms. The highest BCUT2D eigenvalue weighted by molar-refractivity contribution is 7.99. The Bertz CT molecular complexity index is 484. The van der Waals surface area contributed by atoms with E-state index in [1.54, 1.807) is 18.9 Å². The van der Waals surface area contributed by atoms with Gasteiger partial charge in [-0.25, -0.2) is 4.79 Å². The van der Waals surface area contributed by atoms with E-state index in [2.05, 4.69) is 4.90 Å². The van der Waals surface area contributed by atoms with E-state index in [9.17, 15) is 9.90 Å². The molecule has 5 heteroatoms. The molecule has 1 saturated heterocycles. The van der Waals surface area contributed by atoms with Gasteiger partial charge in [0.2, 0.25) is 0 Å². The minimum absolute atomic E-state index is 0.453. The average Bonchev–Trinajstić information content (AvgIpc) is 2.48. The third-order valence-electron chi connectivity index (χ3n) is 3.88. The molecule has 0 atom stereocenters. The maximum atomic E-state index is 11.7. The monoisotopic (exact) mass is 309 g/mol. The van der Waals surface area contributed by atoms with Gasteiger partial charge in [0.15, 0.2) is 0 Å². The number of carboxylic acid groups (broad SMARTS) is 1. The zero-order valence-electron chi connectivity index (χ0n) is 12.7. The van der Waals surface area contributed by atoms with Gasteiger partial charge in [0, 0.05) is 31.7 Å². The Morgan fingerprint density at radius 1 is 1.43 bits per heavy atom. The van der Waals surface area contributed by atoms with Crippen molar-refractivity contribution in [2.24, 2.45) is 5.92 Å². The lowest BCUT2D eigenvalue weighted by atomic mass is 9.96. The fourth-order valence-electron chi connectivity index (χ4n) is 2.85. The number of carbonyl (C=O) groups is 1. The van der Waals surface area contributed by atoms with Crippen LogP contribution in [0.15, 0.2) is 23.1 Å². The first-order chi connectivity index (χ1) is 10.2. The molecule has 0 aliphatic carbocycles. The number of thioether (sulfide) groups is 1. The van der Waals surface area contributed by atoms with Crippen molar-refractivity contribution in [1.29, 1.82) is 0 Å². The first-order valence-electron chi connectivity index (χ1n) is 7.40. The third-order valence-corrected chi connectivity index (χ3v) is 4.82. The number of aromatic carboxylic acids is 1. The van der Waals surface area contributed by atoms with Gasteiger partial charge in [-0.1, -0.05) is 13.0 Å². The van der Waals surface area contributed by atoms with Crippen molar-refractivity contribution in [3.05, 3.63) is 23.8 Å². The highest BCUT2D eigenvalue weighted by atomic mass is 32.2. The highest BCUT2D eigenvalue weighted by Gasteiger charge is 2.24. The molecule has 4 nitrogen and oxygen atoms in total. The van der Waals surface area contributed by atoms with Gasteiger partial charge in [-0.15, -0.1) is 11.8 Å². The van der Waals surface area contributed by atoms with Crippen molar-refractivity contribution < 1.29 is 14.6 Å². The highest BCUT2D eigenvalue weighted by Crippen LogP contribution is 2.33. The molecule has 116 valence electrons. The summed E-state index contributed by atoms with van der Waals surface area (Å²) in [5.41, 5.74) is 1.31. The largest absolute Gasteiger partial charge is 0.478 e. The number of nitrogens with zero attached hydrogens (tertiary/aromatic N) is 1. The number of ether oxygens (including phenoxy) is 1. The Kier molecular flexibility index (Phi) is 5.94. The van der Waals surface area contributed by atoms with E-state index in [4.69, 9.17) is 4.74 Å². The second-order valence-electron chi connectivity index (χ2n) is 5.27. The van der Waals surface area contributed by atoms with E-state index in [1.165, 1.54) is 0 Å². The quantitative estimate of drug-likeness (QED) is 0.817. The lowest BCUT2D eigenvalue weighted by Gasteiger charge is -2.34. The van der Waals surface area contributed by atoms with E-state index >= 15 is 0 Å². The lowest BCUT2D eigenvalue weighted by molar-refractivity contribution is 0.0693. The number of benzene rings is 1. The van der Waals surface area contributed by atoms with Crippen molar-refractivity contribution >= 4 is 23.4 Å². The maximum absolute atomic E-state index is 11.7. The number of piperidine rings is 1. The molecule has 0 unspecified atom stereocenters. The van der Waals surface area contributed by atoms with Crippen molar-refractivity contribution in [3.63, 3.8) is 0 Å². The van der Waals surface area contributed by atoms with Crippen LogP contribution in [0, 0.1) is 5.92 Å². The number of hydrogen-bond donors (Lipinski definition) is 1. The molecule has 21 heavy (non-hydrogen) atoms. The van der Waals surface area contributed by atoms with Crippen molar-refractivity contribution in [1.82, 2.24) is 0 Å². The van der Waals surface area contributed by atoms with Crippen molar-refractivity contribution in [2.45, 2.75) is 24.7 Å². The van der Waals surface area contributed by atoms with Crippen LogP contribution in [0.25, 0.3) is 0 Å². The average molecular weight is 309 g/mol. The van der Waals surface area contributed by atoms with Gasteiger partial charge in [0.05, 0.1) is 11.3 Å². The molecular formula is C16H23NO3S. The van der Waals surface area contributed by atoms with Crippen LogP contribution in [0.4, 0.5) is 5.69 Å². The van der Waals surface area contributed by atoms with Gasteiger partial charge in [-0.2, -0.15) is 0 Å². The summed E-state index contributed by atoms with van der Waals surface area (Å²) in [4.78, 5) is 14.7. The van der Waals surface area contributed by atoms with Gasteiger partial charge in [-0.3, -0.25) is 0 Å². The van der Waals surface area contributed by atoms with E-state index in [1.807, 2.05) is 25.1 Å². The number of hydrogen-bond acceptors (Lipinski definition) is 4. The third kappa shape index (κ3) is 3.92. The SMILES string of the molecule is CCSc1cccc(N2CCC(COC)CC2)c1C(=O)O. The molecular weight excluding hydrogens is 286 g/mol. The first kappa shape index (κ1) is 16.2. The molecule has 0 amide bonds. The molecule has 1 aliphatic rings. The Labute approximate surface area is 130 Å². The Morgan fingerprint density at radius 2 is 2.14 bits per heavy atom. The Morgan fingerprint density at radius 3 is 2.71 bits per heavy atom. The molecule has 0 aromatic heterocycles. The van der Waals surface area contributed by atoms with Crippen molar-refractivity contribution in [2.75, 3.05) is 37.5 Å². The number of carboxylic acids is 1. The standard InChI is InChI=1S/C16H23NO3S/c1-3-21-14-6-4-5-13(15(14)16(18)19)17-9-7-12(8-10-17)11-20-2/h4-6,12H,3,7-11H2,1-2H3,(H,18,19). The van der Waals surface area contributed by atoms with Gasteiger partial charge in [-0.05, 0) is 36.6 Å². The molecule has 1 N–H and O–H groups in total. The molecule has 1 heterocycles. The maximum Gasteiger partial charge on any atom is 0.338 e. The van der Waals surface area contributed by atoms with Crippen molar-refractivity contribution in [3.8, 4) is 0 Å². The number of rotatable bonds is 6. The van der Waals surface area contributed by atoms with Gasteiger partial charge >= 0.3 is 5.97 Å². The number of anilines is 1. The van der Waals surface area contributed by atoms with E-state index in [0.29, 0.717) is 11.5 Å². The van der Waals surface area contributed by atoms with E-state index in [-0.39, 0.29) is 0 Å². The summed E-state index contributed by atoms with van der Waals surface area (Å²) in [7, 11) is 1.74. The molecule has 2 rings (SSSR count). The zero-order valence-corrected chi connectivity index (χ0v) is 13.5. The van der Waals surface area contributed by atoms with E-state index in [0.717, 1.165) is 48.9 Å². The predicted octanol–water partition coefficient (Wildman–Crippen LogP) is 3.36. The topological polar surface area (TPSA) is 49.8 Å².